The Morgan fingerprint density at radius 1 is 0.688 bits per heavy atom. The van der Waals surface area contributed by atoms with Gasteiger partial charge in [0.15, 0.2) is 0 Å². The summed E-state index contributed by atoms with van der Waals surface area (Å²) in [6.07, 6.45) is 0. The maximum absolute atomic E-state index is 11.8. The first-order valence-electron chi connectivity index (χ1n) is 4.07. The highest BCUT2D eigenvalue weighted by Gasteiger charge is 2.31. The average molecular weight is 474 g/mol. The van der Waals surface area contributed by atoms with Gasteiger partial charge < -0.3 is 0 Å². The van der Waals surface area contributed by atoms with E-state index in [9.17, 15) is 9.59 Å². The molecule has 6 heteroatoms. The first-order chi connectivity index (χ1) is 7.43. The minimum atomic E-state index is -0.534. The number of carbonyl (C=O) groups excluding carboxylic acids is 2. The minimum absolute atomic E-state index is 0.263. The number of fused-ring (bicyclic) bond motifs is 1. The van der Waals surface area contributed by atoms with Crippen molar-refractivity contribution in [3.05, 3.63) is 36.7 Å². The molecule has 1 aromatic rings. The molecule has 0 atom stereocenters. The second-order valence-corrected chi connectivity index (χ2v) is 6.39. The summed E-state index contributed by atoms with van der Waals surface area (Å²) in [5.41, 5.74) is 1.10. The Balaban J connectivity index is 2.81. The van der Waals surface area contributed by atoms with Crippen LogP contribution in [0.1, 0.15) is 15.9 Å². The van der Waals surface area contributed by atoms with E-state index in [1.807, 2.05) is 0 Å². The summed E-state index contributed by atoms with van der Waals surface area (Å²) >= 11 is 13.1. The molecule has 0 N–H and O–H groups in total. The van der Waals surface area contributed by atoms with E-state index in [4.69, 9.17) is 0 Å². The van der Waals surface area contributed by atoms with Gasteiger partial charge in [0, 0.05) is 24.6 Å². The van der Waals surface area contributed by atoms with Crippen LogP contribution in [-0.4, -0.2) is 11.6 Å². The van der Waals surface area contributed by atoms with Crippen LogP contribution in [0.15, 0.2) is 25.6 Å². The van der Waals surface area contributed by atoms with Gasteiger partial charge in [-0.1, -0.05) is 0 Å². The van der Waals surface area contributed by atoms with Crippen LogP contribution in [0.3, 0.4) is 0 Å². The fourth-order valence-electron chi connectivity index (χ4n) is 1.36. The van der Waals surface area contributed by atoms with Gasteiger partial charge in [0.25, 0.3) is 0 Å². The fourth-order valence-corrected chi connectivity index (χ4v) is 2.94. The summed E-state index contributed by atoms with van der Waals surface area (Å²) in [5.74, 6) is -1.04. The normalized spacial score (nSPS) is 15.5. The third-order valence-corrected chi connectivity index (χ3v) is 6.10. The van der Waals surface area contributed by atoms with Gasteiger partial charge in [-0.3, -0.25) is 9.59 Å². The molecule has 0 amide bonds. The first kappa shape index (κ1) is 12.7. The van der Waals surface area contributed by atoms with E-state index < -0.39 is 11.6 Å². The number of benzene rings is 1. The number of halogens is 4. The fraction of sp³-hybridized carbons (Fsp3) is 0. The predicted octanol–water partition coefficient (Wildman–Crippen LogP) is 4.44. The van der Waals surface area contributed by atoms with Crippen molar-refractivity contribution in [3.8, 4) is 0 Å². The van der Waals surface area contributed by atoms with Crippen molar-refractivity contribution in [1.29, 1.82) is 0 Å². The lowest BCUT2D eigenvalue weighted by atomic mass is 9.95. The lowest BCUT2D eigenvalue weighted by molar-refractivity contribution is -0.111. The maximum Gasteiger partial charge on any atom is 0.241 e. The number of carbonyl (C=O) groups is 2. The quantitative estimate of drug-likeness (QED) is 0.522. The topological polar surface area (TPSA) is 34.1 Å². The summed E-state index contributed by atoms with van der Waals surface area (Å²) < 4.78 is 2.43. The minimum Gasteiger partial charge on any atom is -0.285 e. The molecule has 0 saturated heterocycles. The maximum atomic E-state index is 11.8. The van der Waals surface area contributed by atoms with Crippen molar-refractivity contribution in [3.63, 3.8) is 0 Å². The van der Waals surface area contributed by atoms with E-state index in [0.29, 0.717) is 15.6 Å². The highest BCUT2D eigenvalue weighted by molar-refractivity contribution is 9.16. The van der Waals surface area contributed by atoms with Gasteiger partial charge in [-0.15, -0.1) is 0 Å². The summed E-state index contributed by atoms with van der Waals surface area (Å²) in [6.45, 7) is 0. The van der Waals surface area contributed by atoms with Gasteiger partial charge in [-0.05, 0) is 75.9 Å². The van der Waals surface area contributed by atoms with Gasteiger partial charge in [-0.25, -0.2) is 0 Å². The molecule has 1 aromatic carbocycles. The number of hydrogen-bond donors (Lipinski definition) is 0. The Hall–Kier alpha value is 0.220. The van der Waals surface area contributed by atoms with Gasteiger partial charge in [-0.2, -0.15) is 0 Å². The van der Waals surface area contributed by atoms with Gasteiger partial charge in [0.05, 0.1) is 4.48 Å². The van der Waals surface area contributed by atoms with Crippen molar-refractivity contribution in [2.45, 2.75) is 0 Å². The predicted molar refractivity (Wildman–Crippen MR) is 76.0 cm³/mol. The second kappa shape index (κ2) is 4.48. The molecular formula is C10H2Br4O2. The molecule has 0 spiro atoms. The first-order valence-corrected chi connectivity index (χ1v) is 7.24. The molecule has 16 heavy (non-hydrogen) atoms. The molecular weight excluding hydrogens is 472 g/mol. The van der Waals surface area contributed by atoms with Crippen molar-refractivity contribution in [1.82, 2.24) is 0 Å². The molecule has 0 radical (unpaired) electrons. The molecule has 1 aliphatic rings. The van der Waals surface area contributed by atoms with E-state index >= 15 is 0 Å². The molecule has 2 nitrogen and oxygen atoms in total. The molecule has 2 rings (SSSR count). The molecule has 0 bridgehead atoms. The highest BCUT2D eigenvalue weighted by Crippen LogP contribution is 2.39. The Morgan fingerprint density at radius 3 is 1.75 bits per heavy atom. The van der Waals surface area contributed by atoms with Crippen molar-refractivity contribution in [2.24, 2.45) is 0 Å². The molecule has 1 aliphatic carbocycles. The number of rotatable bonds is 0. The average Bonchev–Trinajstić information content (AvgIpc) is 2.26. The molecule has 0 aliphatic heterocycles. The van der Waals surface area contributed by atoms with Gasteiger partial charge >= 0.3 is 0 Å². The Kier molecular flexibility index (Phi) is 3.55. The Morgan fingerprint density at radius 2 is 1.19 bits per heavy atom. The zero-order chi connectivity index (χ0) is 12.0. The van der Waals surface area contributed by atoms with E-state index in [1.54, 1.807) is 12.1 Å². The number of hydrogen-bond acceptors (Lipinski definition) is 2. The van der Waals surface area contributed by atoms with Crippen LogP contribution in [-0.2, 0) is 4.79 Å². The Bertz CT molecular complexity index is 560. The van der Waals surface area contributed by atoms with Crippen molar-refractivity contribution in [2.75, 3.05) is 0 Å². The molecule has 0 unspecified atom stereocenters. The van der Waals surface area contributed by atoms with Crippen LogP contribution in [0, 0.1) is 0 Å². The highest BCUT2D eigenvalue weighted by atomic mass is 79.9. The largest absolute Gasteiger partial charge is 0.285 e. The van der Waals surface area contributed by atoms with Crippen LogP contribution < -0.4 is 0 Å². The third kappa shape index (κ3) is 1.89. The number of Topliss-reactive ketones (excluding diaryl/α,β-unsaturated/α-hetero) is 2. The summed E-state index contributed by atoms with van der Waals surface area (Å²) in [6, 6.07) is 3.43. The van der Waals surface area contributed by atoms with Crippen LogP contribution in [0.5, 0.6) is 0 Å². The molecule has 82 valence electrons. The zero-order valence-electron chi connectivity index (χ0n) is 7.48. The second-order valence-electron chi connectivity index (χ2n) is 3.10. The molecule has 0 fully saturated rings. The van der Waals surface area contributed by atoms with E-state index in [-0.39, 0.29) is 4.48 Å². The lowest BCUT2D eigenvalue weighted by Gasteiger charge is -2.15. The monoisotopic (exact) mass is 470 g/mol. The van der Waals surface area contributed by atoms with E-state index in [0.717, 1.165) is 8.95 Å². The van der Waals surface area contributed by atoms with Crippen LogP contribution >= 0.6 is 63.7 Å². The van der Waals surface area contributed by atoms with Crippen molar-refractivity contribution >= 4 is 79.8 Å². The van der Waals surface area contributed by atoms with Gasteiger partial charge in [0.2, 0.25) is 11.6 Å². The molecule has 0 aromatic heterocycles. The summed E-state index contributed by atoms with van der Waals surface area (Å²) in [7, 11) is 0. The van der Waals surface area contributed by atoms with Crippen LogP contribution in [0.4, 0.5) is 0 Å². The standard InChI is InChI=1S/C10H2Br4O2/c11-5-1-3-4(2-6(5)12)9(15)10(16)8(14)7(3)13/h1-2H. The number of ketones is 2. The third-order valence-electron chi connectivity index (χ3n) is 2.14. The lowest BCUT2D eigenvalue weighted by Crippen LogP contribution is -2.20. The smallest absolute Gasteiger partial charge is 0.241 e. The zero-order valence-corrected chi connectivity index (χ0v) is 13.8. The molecule has 0 saturated carbocycles. The SMILES string of the molecule is O=C1C(=O)c2cc(Br)c(Br)cc2C(Br)=C1Br. The summed E-state index contributed by atoms with van der Waals surface area (Å²) in [4.78, 5) is 23.3. The molecule has 0 heterocycles. The van der Waals surface area contributed by atoms with Crippen LogP contribution in [0.2, 0.25) is 0 Å². The van der Waals surface area contributed by atoms with E-state index in [2.05, 4.69) is 63.7 Å². The van der Waals surface area contributed by atoms with Crippen LogP contribution in [0.25, 0.3) is 4.48 Å². The Labute approximate surface area is 125 Å². The number of allylic oxidation sites excluding steroid dienone is 1. The van der Waals surface area contributed by atoms with E-state index in [1.165, 1.54) is 0 Å². The summed E-state index contributed by atoms with van der Waals surface area (Å²) in [5, 5.41) is 0. The van der Waals surface area contributed by atoms with Crippen molar-refractivity contribution < 1.29 is 9.59 Å². The van der Waals surface area contributed by atoms with Gasteiger partial charge in [0.1, 0.15) is 0 Å².